The number of urea groups is 1. The number of nitrogens with one attached hydrogen (secondary N) is 1. The number of likely N-dealkylation sites (tertiary alicyclic amines) is 2. The zero-order chi connectivity index (χ0) is 23.3. The van der Waals surface area contributed by atoms with Crippen molar-refractivity contribution >= 4 is 35.5 Å². The molecule has 2 aliphatic heterocycles. The van der Waals surface area contributed by atoms with Crippen LogP contribution in [-0.2, 0) is 11.2 Å². The first-order valence-corrected chi connectivity index (χ1v) is 11.5. The van der Waals surface area contributed by atoms with Crippen molar-refractivity contribution in [3.63, 3.8) is 0 Å². The highest BCUT2D eigenvalue weighted by Gasteiger charge is 2.40. The van der Waals surface area contributed by atoms with Gasteiger partial charge in [-0.05, 0) is 48.8 Å². The molecule has 2 heterocycles. The number of amides is 3. The van der Waals surface area contributed by atoms with Crippen molar-refractivity contribution in [2.24, 2.45) is 28.2 Å². The Hall–Kier alpha value is -2.61. The highest BCUT2D eigenvalue weighted by Crippen LogP contribution is 2.34. The summed E-state index contributed by atoms with van der Waals surface area (Å²) in [6.07, 6.45) is 3.79. The van der Waals surface area contributed by atoms with Crippen molar-refractivity contribution in [2.75, 3.05) is 32.7 Å². The molecule has 0 radical (unpaired) electrons. The minimum Gasteiger partial charge on any atom is -0.342 e. The predicted molar refractivity (Wildman–Crippen MR) is 126 cm³/mol. The summed E-state index contributed by atoms with van der Waals surface area (Å²) in [5, 5.41) is 12.6. The maximum Gasteiger partial charge on any atom is 0.317 e. The Morgan fingerprint density at radius 2 is 1.91 bits per heavy atom. The fourth-order valence-corrected chi connectivity index (χ4v) is 5.02. The van der Waals surface area contributed by atoms with Crippen LogP contribution < -0.4 is 16.6 Å². The molecular weight excluding hydrogens is 428 g/mol. The topological polar surface area (TPSA) is 117 Å². The molecule has 174 valence electrons. The molecule has 0 aromatic heterocycles. The van der Waals surface area contributed by atoms with Gasteiger partial charge in [-0.3, -0.25) is 10.2 Å². The maximum absolute atomic E-state index is 13.3. The van der Waals surface area contributed by atoms with Gasteiger partial charge >= 0.3 is 6.03 Å². The molecule has 0 saturated carbocycles. The maximum atomic E-state index is 13.3. The zero-order valence-corrected chi connectivity index (χ0v) is 19.6. The van der Waals surface area contributed by atoms with E-state index in [0.29, 0.717) is 42.1 Å². The van der Waals surface area contributed by atoms with Crippen LogP contribution >= 0.6 is 11.6 Å². The lowest BCUT2D eigenvalue weighted by Crippen LogP contribution is -2.50. The van der Waals surface area contributed by atoms with E-state index in [0.717, 1.165) is 31.5 Å². The van der Waals surface area contributed by atoms with Crippen molar-refractivity contribution in [3.8, 4) is 0 Å². The number of nitrogens with zero attached hydrogens (tertiary/aromatic N) is 3. The van der Waals surface area contributed by atoms with E-state index in [2.05, 4.69) is 10.4 Å². The molecule has 1 aromatic rings. The lowest BCUT2D eigenvalue weighted by atomic mass is 9.84. The van der Waals surface area contributed by atoms with E-state index in [4.69, 9.17) is 22.9 Å². The minimum absolute atomic E-state index is 0.123. The molecule has 3 rings (SSSR count). The molecule has 0 bridgehead atoms. The van der Waals surface area contributed by atoms with Crippen molar-refractivity contribution < 1.29 is 15.0 Å². The standard InChI is InChI=1S/C23H33ClN6O2/c1-23(2,11-16-4-3-5-19(24)10-16)21(31)29-8-6-17-14-30(15-18(17)7-9-29)22(32)27-12-20(25)13-28-26/h3-5,10,13,17-18,25H,6-9,11-12,14-15,26H2,1-2H3,(H,27,32)/p+1. The van der Waals surface area contributed by atoms with Crippen LogP contribution in [-0.4, -0.2) is 66.4 Å². The molecule has 1 aromatic carbocycles. The number of hydrogen-bond acceptors (Lipinski definition) is 4. The van der Waals surface area contributed by atoms with Gasteiger partial charge in [0.2, 0.25) is 11.6 Å². The highest BCUT2D eigenvalue weighted by atomic mass is 35.5. The highest BCUT2D eigenvalue weighted by molar-refractivity contribution is 6.30. The number of fused-ring (bicyclic) bond motifs is 1. The monoisotopic (exact) mass is 461 g/mol. The van der Waals surface area contributed by atoms with Gasteiger partial charge in [0.15, 0.2) is 0 Å². The van der Waals surface area contributed by atoms with E-state index in [1.54, 1.807) is 0 Å². The molecule has 2 unspecified atom stereocenters. The second kappa shape index (κ2) is 10.3. The third kappa shape index (κ3) is 6.00. The molecular formula is C23H34ClN6O2+. The average Bonchev–Trinajstić information content (AvgIpc) is 3.05. The van der Waals surface area contributed by atoms with Crippen LogP contribution in [0.4, 0.5) is 4.79 Å². The summed E-state index contributed by atoms with van der Waals surface area (Å²) in [6.45, 7) is 7.09. The van der Waals surface area contributed by atoms with E-state index < -0.39 is 5.41 Å². The lowest BCUT2D eigenvalue weighted by Gasteiger charge is -2.32. The molecule has 32 heavy (non-hydrogen) atoms. The molecule has 2 saturated heterocycles. The van der Waals surface area contributed by atoms with Gasteiger partial charge in [-0.25, -0.2) is 4.79 Å². The number of nitrogens with two attached hydrogens (primary N) is 2. The lowest BCUT2D eigenvalue weighted by molar-refractivity contribution is -0.140. The first-order valence-electron chi connectivity index (χ1n) is 11.1. The number of carbonyl (C=O) groups excluding carboxylic acids is 2. The van der Waals surface area contributed by atoms with Crippen LogP contribution in [0.25, 0.3) is 0 Å². The normalized spacial score (nSPS) is 21.3. The summed E-state index contributed by atoms with van der Waals surface area (Å²) in [5.74, 6) is 6.06. The van der Waals surface area contributed by atoms with Crippen LogP contribution in [0.5, 0.6) is 0 Å². The second-order valence-electron chi connectivity index (χ2n) is 9.50. The Morgan fingerprint density at radius 1 is 1.25 bits per heavy atom. The summed E-state index contributed by atoms with van der Waals surface area (Å²) in [6, 6.07) is 7.59. The van der Waals surface area contributed by atoms with Crippen LogP contribution in [0.15, 0.2) is 29.4 Å². The quantitative estimate of drug-likeness (QED) is 0.332. The van der Waals surface area contributed by atoms with Gasteiger partial charge < -0.3 is 21.0 Å². The van der Waals surface area contributed by atoms with E-state index in [9.17, 15) is 9.59 Å². The van der Waals surface area contributed by atoms with Gasteiger partial charge in [-0.1, -0.05) is 37.6 Å². The summed E-state index contributed by atoms with van der Waals surface area (Å²) < 4.78 is 0. The number of rotatable bonds is 6. The molecule has 9 heteroatoms. The Labute approximate surface area is 194 Å². The van der Waals surface area contributed by atoms with Crippen molar-refractivity contribution in [1.29, 1.82) is 0 Å². The Kier molecular flexibility index (Phi) is 7.77. The largest absolute Gasteiger partial charge is 0.342 e. The summed E-state index contributed by atoms with van der Waals surface area (Å²) in [4.78, 5) is 29.7. The summed E-state index contributed by atoms with van der Waals surface area (Å²) in [5.41, 5.74) is 0.975. The summed E-state index contributed by atoms with van der Waals surface area (Å²) >= 11 is 6.12. The molecule has 5 N–H and O–H groups in total. The molecule has 3 amide bonds. The van der Waals surface area contributed by atoms with Gasteiger partial charge in [0, 0.05) is 36.6 Å². The second-order valence-corrected chi connectivity index (χ2v) is 9.93. The van der Waals surface area contributed by atoms with Gasteiger partial charge in [-0.2, -0.15) is 5.10 Å². The number of carbonyl (C=O) groups is 2. The van der Waals surface area contributed by atoms with Gasteiger partial charge in [0.05, 0.1) is 0 Å². The van der Waals surface area contributed by atoms with Crippen molar-refractivity contribution in [1.82, 2.24) is 15.1 Å². The molecule has 2 aliphatic rings. The molecule has 2 atom stereocenters. The third-order valence-electron chi connectivity index (χ3n) is 6.49. The SMILES string of the molecule is CC(C)(Cc1cccc(Cl)c1)C(=O)N1CCC2CN(C(=O)NCC(=[NH2+])C=NN)CC2CC1. The summed E-state index contributed by atoms with van der Waals surface area (Å²) in [7, 11) is 0. The predicted octanol–water partition coefficient (Wildman–Crippen LogP) is 0.933. The fourth-order valence-electron chi connectivity index (χ4n) is 4.81. The first kappa shape index (κ1) is 24.0. The van der Waals surface area contributed by atoms with Crippen molar-refractivity contribution in [2.45, 2.75) is 33.1 Å². The van der Waals surface area contributed by atoms with E-state index in [1.807, 2.05) is 47.9 Å². The molecule has 0 aliphatic carbocycles. The molecule has 8 nitrogen and oxygen atoms in total. The first-order chi connectivity index (χ1) is 15.2. The zero-order valence-electron chi connectivity index (χ0n) is 18.9. The van der Waals surface area contributed by atoms with E-state index in [-0.39, 0.29) is 18.5 Å². The van der Waals surface area contributed by atoms with Crippen LogP contribution in [0.1, 0.15) is 32.3 Å². The van der Waals surface area contributed by atoms with Crippen molar-refractivity contribution in [3.05, 3.63) is 34.9 Å². The third-order valence-corrected chi connectivity index (χ3v) is 6.72. The van der Waals surface area contributed by atoms with Gasteiger partial charge in [0.1, 0.15) is 12.8 Å². The Morgan fingerprint density at radius 3 is 2.50 bits per heavy atom. The van der Waals surface area contributed by atoms with Gasteiger partial charge in [0.25, 0.3) is 0 Å². The molecule has 2 fully saturated rings. The average molecular weight is 462 g/mol. The van der Waals surface area contributed by atoms with E-state index >= 15 is 0 Å². The fraction of sp³-hybridized carbons (Fsp3) is 0.565. The smallest absolute Gasteiger partial charge is 0.317 e. The number of hydrogen-bond donors (Lipinski definition) is 3. The molecule has 0 spiro atoms. The number of benzene rings is 1. The Balaban J connectivity index is 1.53. The van der Waals surface area contributed by atoms with Gasteiger partial charge in [-0.15, -0.1) is 0 Å². The van der Waals surface area contributed by atoms with Crippen LogP contribution in [0, 0.1) is 17.3 Å². The Bertz CT molecular complexity index is 871. The van der Waals surface area contributed by atoms with E-state index in [1.165, 1.54) is 6.21 Å². The van der Waals surface area contributed by atoms with Crippen LogP contribution in [0.3, 0.4) is 0 Å². The minimum atomic E-state index is -0.501. The number of halogens is 1. The number of hydrazone groups is 1. The van der Waals surface area contributed by atoms with Crippen LogP contribution in [0.2, 0.25) is 5.02 Å².